The molecule has 0 saturated carbocycles. The number of alkyl halides is 1. The van der Waals surface area contributed by atoms with Gasteiger partial charge in [-0.15, -0.1) is 0 Å². The van der Waals surface area contributed by atoms with Crippen molar-refractivity contribution in [2.24, 2.45) is 5.92 Å². The van der Waals surface area contributed by atoms with Crippen molar-refractivity contribution in [3.8, 4) is 0 Å². The van der Waals surface area contributed by atoms with Crippen LogP contribution in [0.4, 0.5) is 5.82 Å². The van der Waals surface area contributed by atoms with Gasteiger partial charge < -0.3 is 4.90 Å². The predicted molar refractivity (Wildman–Crippen MR) is 70.6 cm³/mol. The molecule has 1 aliphatic heterocycles. The van der Waals surface area contributed by atoms with Crippen molar-refractivity contribution < 1.29 is 0 Å². The summed E-state index contributed by atoms with van der Waals surface area (Å²) in [5.41, 5.74) is 0. The van der Waals surface area contributed by atoms with Gasteiger partial charge in [0.1, 0.15) is 5.82 Å². The molecular weight excluding hydrogens is 320 g/mol. The lowest BCUT2D eigenvalue weighted by Gasteiger charge is -2.35. The maximum atomic E-state index is 4.42. The third-order valence-electron chi connectivity index (χ3n) is 2.91. The number of pyridine rings is 1. The SMILES string of the molecule is CC1CCN(c2ncccc2Br)CC1Br. The summed E-state index contributed by atoms with van der Waals surface area (Å²) in [5, 5.41) is 0. The van der Waals surface area contributed by atoms with E-state index in [0.717, 1.165) is 29.3 Å². The van der Waals surface area contributed by atoms with Gasteiger partial charge in [-0.05, 0) is 40.4 Å². The van der Waals surface area contributed by atoms with Crippen molar-refractivity contribution in [1.82, 2.24) is 4.98 Å². The molecule has 1 saturated heterocycles. The van der Waals surface area contributed by atoms with Gasteiger partial charge >= 0.3 is 0 Å². The maximum Gasteiger partial charge on any atom is 0.142 e. The largest absolute Gasteiger partial charge is 0.355 e. The Labute approximate surface area is 107 Å². The quantitative estimate of drug-likeness (QED) is 0.732. The molecule has 2 heterocycles. The number of hydrogen-bond acceptors (Lipinski definition) is 2. The van der Waals surface area contributed by atoms with Crippen molar-refractivity contribution in [2.45, 2.75) is 18.2 Å². The molecule has 0 radical (unpaired) electrons. The molecule has 0 amide bonds. The molecule has 1 aliphatic rings. The number of aromatic nitrogens is 1. The Hall–Kier alpha value is -0.0900. The Morgan fingerprint density at radius 2 is 2.33 bits per heavy atom. The van der Waals surface area contributed by atoms with Crippen LogP contribution in [0, 0.1) is 5.92 Å². The Morgan fingerprint density at radius 3 is 3.00 bits per heavy atom. The molecule has 2 atom stereocenters. The van der Waals surface area contributed by atoms with Crippen LogP contribution in [0.3, 0.4) is 0 Å². The minimum absolute atomic E-state index is 0.570. The summed E-state index contributed by atoms with van der Waals surface area (Å²) in [6.07, 6.45) is 3.07. The average Bonchev–Trinajstić information content (AvgIpc) is 2.23. The highest BCUT2D eigenvalue weighted by Gasteiger charge is 2.25. The van der Waals surface area contributed by atoms with Crippen LogP contribution in [0.15, 0.2) is 22.8 Å². The molecule has 1 aromatic heterocycles. The number of nitrogens with zero attached hydrogens (tertiary/aromatic N) is 2. The van der Waals surface area contributed by atoms with Gasteiger partial charge in [-0.3, -0.25) is 0 Å². The summed E-state index contributed by atoms with van der Waals surface area (Å²) in [6.45, 7) is 4.43. The summed E-state index contributed by atoms with van der Waals surface area (Å²) in [7, 11) is 0. The molecule has 4 heteroatoms. The molecule has 15 heavy (non-hydrogen) atoms. The van der Waals surface area contributed by atoms with Crippen molar-refractivity contribution in [1.29, 1.82) is 0 Å². The standard InChI is InChI=1S/C11H14Br2N2/c1-8-4-6-15(7-10(8)13)11-9(12)3-2-5-14-11/h2-3,5,8,10H,4,6-7H2,1H3. The smallest absolute Gasteiger partial charge is 0.142 e. The highest BCUT2D eigenvalue weighted by molar-refractivity contribution is 9.10. The lowest BCUT2D eigenvalue weighted by molar-refractivity contribution is 0.454. The van der Waals surface area contributed by atoms with Crippen molar-refractivity contribution in [3.63, 3.8) is 0 Å². The van der Waals surface area contributed by atoms with Crippen LogP contribution in [0.1, 0.15) is 13.3 Å². The van der Waals surface area contributed by atoms with E-state index >= 15 is 0 Å². The molecule has 0 spiro atoms. The monoisotopic (exact) mass is 332 g/mol. The fraction of sp³-hybridized carbons (Fsp3) is 0.545. The second-order valence-electron chi connectivity index (χ2n) is 4.04. The lowest BCUT2D eigenvalue weighted by atomic mass is 9.99. The van der Waals surface area contributed by atoms with E-state index in [2.05, 4.69) is 48.7 Å². The molecule has 2 nitrogen and oxygen atoms in total. The molecular formula is C11H14Br2N2. The third kappa shape index (κ3) is 2.53. The van der Waals surface area contributed by atoms with E-state index in [1.54, 1.807) is 0 Å². The second kappa shape index (κ2) is 4.83. The third-order valence-corrected chi connectivity index (χ3v) is 4.72. The van der Waals surface area contributed by atoms with Crippen LogP contribution in [0.25, 0.3) is 0 Å². The van der Waals surface area contributed by atoms with Gasteiger partial charge in [-0.25, -0.2) is 4.98 Å². The molecule has 0 N–H and O–H groups in total. The summed E-state index contributed by atoms with van der Waals surface area (Å²) in [4.78, 5) is 7.33. The predicted octanol–water partition coefficient (Wildman–Crippen LogP) is 3.45. The van der Waals surface area contributed by atoms with Crippen LogP contribution in [0.5, 0.6) is 0 Å². The lowest BCUT2D eigenvalue weighted by Crippen LogP contribution is -2.40. The Bertz CT molecular complexity index is 343. The molecule has 1 fully saturated rings. The Balaban J connectivity index is 2.15. The second-order valence-corrected chi connectivity index (χ2v) is 6.07. The normalized spacial score (nSPS) is 26.7. The Morgan fingerprint density at radius 1 is 1.53 bits per heavy atom. The summed E-state index contributed by atoms with van der Waals surface area (Å²) >= 11 is 7.28. The van der Waals surface area contributed by atoms with E-state index in [1.165, 1.54) is 6.42 Å². The highest BCUT2D eigenvalue weighted by atomic mass is 79.9. The average molecular weight is 334 g/mol. The summed E-state index contributed by atoms with van der Waals surface area (Å²) in [6, 6.07) is 4.00. The first-order valence-electron chi connectivity index (χ1n) is 5.18. The van der Waals surface area contributed by atoms with E-state index < -0.39 is 0 Å². The van der Waals surface area contributed by atoms with Crippen molar-refractivity contribution >= 4 is 37.7 Å². The van der Waals surface area contributed by atoms with Gasteiger partial charge in [0.2, 0.25) is 0 Å². The summed E-state index contributed by atoms with van der Waals surface area (Å²) < 4.78 is 1.08. The van der Waals surface area contributed by atoms with E-state index in [4.69, 9.17) is 0 Å². The fourth-order valence-corrected chi connectivity index (χ4v) is 2.94. The van der Waals surface area contributed by atoms with E-state index in [-0.39, 0.29) is 0 Å². The zero-order chi connectivity index (χ0) is 10.8. The van der Waals surface area contributed by atoms with E-state index in [0.29, 0.717) is 4.83 Å². The number of anilines is 1. The molecule has 2 unspecified atom stereocenters. The van der Waals surface area contributed by atoms with Crippen molar-refractivity contribution in [3.05, 3.63) is 22.8 Å². The molecule has 0 aliphatic carbocycles. The fourth-order valence-electron chi connectivity index (χ4n) is 1.82. The summed E-state index contributed by atoms with van der Waals surface area (Å²) in [5.74, 6) is 1.82. The zero-order valence-electron chi connectivity index (χ0n) is 8.66. The Kier molecular flexibility index (Phi) is 3.67. The van der Waals surface area contributed by atoms with Crippen LogP contribution >= 0.6 is 31.9 Å². The molecule has 0 aromatic carbocycles. The van der Waals surface area contributed by atoms with E-state index in [1.807, 2.05) is 18.3 Å². The first-order chi connectivity index (χ1) is 7.18. The van der Waals surface area contributed by atoms with Crippen LogP contribution < -0.4 is 4.90 Å². The van der Waals surface area contributed by atoms with Crippen LogP contribution in [0.2, 0.25) is 0 Å². The first kappa shape index (κ1) is 11.4. The first-order valence-corrected chi connectivity index (χ1v) is 6.89. The topological polar surface area (TPSA) is 16.1 Å². The number of rotatable bonds is 1. The van der Waals surface area contributed by atoms with Gasteiger partial charge in [-0.1, -0.05) is 22.9 Å². The van der Waals surface area contributed by atoms with Crippen LogP contribution in [-0.4, -0.2) is 22.9 Å². The minimum Gasteiger partial charge on any atom is -0.355 e. The van der Waals surface area contributed by atoms with Crippen molar-refractivity contribution in [2.75, 3.05) is 18.0 Å². The molecule has 82 valence electrons. The highest BCUT2D eigenvalue weighted by Crippen LogP contribution is 2.30. The van der Waals surface area contributed by atoms with Gasteiger partial charge in [0.05, 0.1) is 4.47 Å². The zero-order valence-corrected chi connectivity index (χ0v) is 11.8. The number of halogens is 2. The minimum atomic E-state index is 0.570. The molecule has 1 aromatic rings. The van der Waals surface area contributed by atoms with Gasteiger partial charge in [-0.2, -0.15) is 0 Å². The van der Waals surface area contributed by atoms with Gasteiger partial charge in [0.15, 0.2) is 0 Å². The maximum absolute atomic E-state index is 4.42. The molecule has 2 rings (SSSR count). The van der Waals surface area contributed by atoms with E-state index in [9.17, 15) is 0 Å². The number of hydrogen-bond donors (Lipinski definition) is 0. The van der Waals surface area contributed by atoms with Crippen LogP contribution in [-0.2, 0) is 0 Å². The molecule has 0 bridgehead atoms. The number of piperidine rings is 1. The van der Waals surface area contributed by atoms with Gasteiger partial charge in [0, 0.05) is 24.1 Å². The van der Waals surface area contributed by atoms with Gasteiger partial charge in [0.25, 0.3) is 0 Å².